The first-order chi connectivity index (χ1) is 9.45. The SMILES string of the molecule is CCC1CCCC(C#N)(C(C)(O)c2cccc(Br)c2)C1. The largest absolute Gasteiger partial charge is 0.384 e. The summed E-state index contributed by atoms with van der Waals surface area (Å²) in [5.41, 5.74) is -0.961. The van der Waals surface area contributed by atoms with Crippen molar-refractivity contribution in [2.24, 2.45) is 11.3 Å². The van der Waals surface area contributed by atoms with Crippen molar-refractivity contribution in [3.63, 3.8) is 0 Å². The molecule has 0 amide bonds. The Morgan fingerprint density at radius 2 is 2.30 bits per heavy atom. The number of hydrogen-bond acceptors (Lipinski definition) is 2. The smallest absolute Gasteiger partial charge is 0.105 e. The van der Waals surface area contributed by atoms with Crippen LogP contribution in [0.25, 0.3) is 0 Å². The zero-order valence-electron chi connectivity index (χ0n) is 12.2. The van der Waals surface area contributed by atoms with E-state index >= 15 is 0 Å². The molecule has 1 N–H and O–H groups in total. The summed E-state index contributed by atoms with van der Waals surface area (Å²) in [6.07, 6.45) is 4.85. The van der Waals surface area contributed by atoms with Gasteiger partial charge in [-0.1, -0.05) is 54.2 Å². The van der Waals surface area contributed by atoms with Crippen molar-refractivity contribution in [1.29, 1.82) is 5.26 Å². The molecule has 3 heteroatoms. The van der Waals surface area contributed by atoms with Crippen LogP contribution in [0.1, 0.15) is 51.5 Å². The van der Waals surface area contributed by atoms with Crippen LogP contribution in [0.2, 0.25) is 0 Å². The maximum Gasteiger partial charge on any atom is 0.105 e. The molecule has 1 fully saturated rings. The fourth-order valence-corrected chi connectivity index (χ4v) is 3.86. The molecule has 3 unspecified atom stereocenters. The predicted octanol–water partition coefficient (Wildman–Crippen LogP) is 4.77. The number of hydrogen-bond donors (Lipinski definition) is 1. The van der Waals surface area contributed by atoms with E-state index in [0.717, 1.165) is 35.7 Å². The molecule has 3 atom stereocenters. The summed E-state index contributed by atoms with van der Waals surface area (Å²) in [6.45, 7) is 3.97. The van der Waals surface area contributed by atoms with E-state index in [9.17, 15) is 10.4 Å². The molecule has 0 spiro atoms. The Hall–Kier alpha value is -0.850. The lowest BCUT2D eigenvalue weighted by Gasteiger charge is -2.45. The van der Waals surface area contributed by atoms with Crippen LogP contribution in [0, 0.1) is 22.7 Å². The molecule has 1 aliphatic carbocycles. The van der Waals surface area contributed by atoms with E-state index in [1.807, 2.05) is 24.3 Å². The molecule has 20 heavy (non-hydrogen) atoms. The number of aliphatic hydroxyl groups is 1. The van der Waals surface area contributed by atoms with Crippen LogP contribution in [-0.4, -0.2) is 5.11 Å². The average molecular weight is 336 g/mol. The minimum atomic E-state index is -1.11. The summed E-state index contributed by atoms with van der Waals surface area (Å²) in [7, 11) is 0. The van der Waals surface area contributed by atoms with Crippen molar-refractivity contribution in [1.82, 2.24) is 0 Å². The number of benzene rings is 1. The van der Waals surface area contributed by atoms with Gasteiger partial charge in [0.15, 0.2) is 0 Å². The molecule has 108 valence electrons. The molecule has 1 aliphatic rings. The predicted molar refractivity (Wildman–Crippen MR) is 84.0 cm³/mol. The first kappa shape index (κ1) is 15.5. The molecule has 0 aromatic heterocycles. The van der Waals surface area contributed by atoms with Gasteiger partial charge in [-0.3, -0.25) is 0 Å². The van der Waals surface area contributed by atoms with Crippen molar-refractivity contribution in [2.75, 3.05) is 0 Å². The Balaban J connectivity index is 2.41. The highest BCUT2D eigenvalue weighted by Crippen LogP contribution is 2.51. The third kappa shape index (κ3) is 2.64. The van der Waals surface area contributed by atoms with Gasteiger partial charge in [0.25, 0.3) is 0 Å². The van der Waals surface area contributed by atoms with Gasteiger partial charge < -0.3 is 5.11 Å². The third-order valence-corrected chi connectivity index (χ3v) is 5.46. The summed E-state index contributed by atoms with van der Waals surface area (Å²) in [4.78, 5) is 0. The van der Waals surface area contributed by atoms with Crippen LogP contribution < -0.4 is 0 Å². The van der Waals surface area contributed by atoms with Crippen LogP contribution in [0.3, 0.4) is 0 Å². The van der Waals surface area contributed by atoms with Crippen molar-refractivity contribution >= 4 is 15.9 Å². The van der Waals surface area contributed by atoms with E-state index in [1.54, 1.807) is 6.92 Å². The molecule has 0 bridgehead atoms. The van der Waals surface area contributed by atoms with Gasteiger partial charge in [-0.2, -0.15) is 5.26 Å². The topological polar surface area (TPSA) is 44.0 Å². The number of nitriles is 1. The summed E-state index contributed by atoms with van der Waals surface area (Å²) < 4.78 is 0.936. The Bertz CT molecular complexity index is 520. The Kier molecular flexibility index (Phi) is 4.56. The third-order valence-electron chi connectivity index (χ3n) is 4.96. The molecular formula is C17H22BrNO. The van der Waals surface area contributed by atoms with E-state index in [1.165, 1.54) is 6.42 Å². The Morgan fingerprint density at radius 3 is 2.90 bits per heavy atom. The number of nitrogens with zero attached hydrogens (tertiary/aromatic N) is 1. The lowest BCUT2D eigenvalue weighted by molar-refractivity contribution is -0.0738. The molecule has 1 saturated carbocycles. The fraction of sp³-hybridized carbons (Fsp3) is 0.588. The van der Waals surface area contributed by atoms with E-state index in [2.05, 4.69) is 28.9 Å². The molecule has 1 aromatic rings. The monoisotopic (exact) mass is 335 g/mol. The molecule has 0 saturated heterocycles. The molecule has 1 aromatic carbocycles. The Labute approximate surface area is 129 Å². The minimum Gasteiger partial charge on any atom is -0.384 e. The van der Waals surface area contributed by atoms with Crippen LogP contribution in [0.5, 0.6) is 0 Å². The van der Waals surface area contributed by atoms with E-state index in [-0.39, 0.29) is 0 Å². The van der Waals surface area contributed by atoms with Gasteiger partial charge in [0.1, 0.15) is 5.60 Å². The zero-order valence-corrected chi connectivity index (χ0v) is 13.8. The van der Waals surface area contributed by atoms with Crippen LogP contribution in [0.4, 0.5) is 0 Å². The highest BCUT2D eigenvalue weighted by molar-refractivity contribution is 9.10. The molecule has 0 radical (unpaired) electrons. The summed E-state index contributed by atoms with van der Waals surface area (Å²) in [6, 6.07) is 10.2. The maximum absolute atomic E-state index is 11.2. The minimum absolute atomic E-state index is 0.544. The second-order valence-corrected chi connectivity index (χ2v) is 7.06. The normalized spacial score (nSPS) is 29.4. The second kappa shape index (κ2) is 5.87. The highest BCUT2D eigenvalue weighted by atomic mass is 79.9. The van der Waals surface area contributed by atoms with Crippen LogP contribution in [-0.2, 0) is 5.60 Å². The average Bonchev–Trinajstić information content (AvgIpc) is 2.47. The van der Waals surface area contributed by atoms with Gasteiger partial charge in [0, 0.05) is 4.47 Å². The lowest BCUT2D eigenvalue weighted by Crippen LogP contribution is -2.45. The van der Waals surface area contributed by atoms with Crippen molar-refractivity contribution < 1.29 is 5.11 Å². The first-order valence-electron chi connectivity index (χ1n) is 7.35. The molecule has 2 nitrogen and oxygen atoms in total. The van der Waals surface area contributed by atoms with Crippen molar-refractivity contribution in [2.45, 2.75) is 51.6 Å². The number of halogens is 1. The van der Waals surface area contributed by atoms with Gasteiger partial charge in [-0.25, -0.2) is 0 Å². The van der Waals surface area contributed by atoms with Crippen molar-refractivity contribution in [3.05, 3.63) is 34.3 Å². The molecule has 2 rings (SSSR count). The highest BCUT2D eigenvalue weighted by Gasteiger charge is 2.50. The van der Waals surface area contributed by atoms with Crippen molar-refractivity contribution in [3.8, 4) is 6.07 Å². The van der Waals surface area contributed by atoms with Crippen LogP contribution >= 0.6 is 15.9 Å². The lowest BCUT2D eigenvalue weighted by atomic mass is 9.59. The summed E-state index contributed by atoms with van der Waals surface area (Å²) >= 11 is 3.45. The molecule has 0 heterocycles. The maximum atomic E-state index is 11.2. The van der Waals surface area contributed by atoms with Gasteiger partial charge in [0.2, 0.25) is 0 Å². The Morgan fingerprint density at radius 1 is 1.55 bits per heavy atom. The first-order valence-corrected chi connectivity index (χ1v) is 8.14. The quantitative estimate of drug-likeness (QED) is 0.864. The molecule has 0 aliphatic heterocycles. The van der Waals surface area contributed by atoms with Gasteiger partial charge >= 0.3 is 0 Å². The summed E-state index contributed by atoms with van der Waals surface area (Å²) in [5.74, 6) is 0.544. The van der Waals surface area contributed by atoms with Gasteiger partial charge in [-0.15, -0.1) is 0 Å². The van der Waals surface area contributed by atoms with Crippen LogP contribution in [0.15, 0.2) is 28.7 Å². The fourth-order valence-electron chi connectivity index (χ4n) is 3.46. The summed E-state index contributed by atoms with van der Waals surface area (Å²) in [5, 5.41) is 21.0. The van der Waals surface area contributed by atoms with E-state index in [0.29, 0.717) is 5.92 Å². The second-order valence-electron chi connectivity index (χ2n) is 6.15. The molecular weight excluding hydrogens is 314 g/mol. The van der Waals surface area contributed by atoms with E-state index < -0.39 is 11.0 Å². The van der Waals surface area contributed by atoms with E-state index in [4.69, 9.17) is 0 Å². The zero-order chi connectivity index (χ0) is 14.8. The number of rotatable bonds is 3. The van der Waals surface area contributed by atoms with Gasteiger partial charge in [-0.05, 0) is 43.4 Å². The standard InChI is InChI=1S/C17H22BrNO/c1-3-13-6-5-9-17(11-13,12-19)16(2,20)14-7-4-8-15(18)10-14/h4,7-8,10,13,20H,3,5-6,9,11H2,1-2H3. The van der Waals surface area contributed by atoms with Gasteiger partial charge in [0.05, 0.1) is 11.5 Å².